The third-order valence-electron chi connectivity index (χ3n) is 4.96. The number of benzene rings is 2. The van der Waals surface area contributed by atoms with Crippen molar-refractivity contribution in [2.24, 2.45) is 5.92 Å². The van der Waals surface area contributed by atoms with Gasteiger partial charge in [0.05, 0.1) is 34.9 Å². The molecule has 2 aromatic carbocycles. The highest BCUT2D eigenvalue weighted by Crippen LogP contribution is 2.30. The first-order valence-electron chi connectivity index (χ1n) is 9.75. The molecule has 1 fully saturated rings. The van der Waals surface area contributed by atoms with Gasteiger partial charge in [-0.25, -0.2) is 21.1 Å². The molecule has 0 aromatic heterocycles. The summed E-state index contributed by atoms with van der Waals surface area (Å²) in [5.74, 6) is -1.96. The summed E-state index contributed by atoms with van der Waals surface area (Å²) in [6, 6.07) is 8.12. The minimum absolute atomic E-state index is 0.0461. The van der Waals surface area contributed by atoms with Crippen molar-refractivity contribution >= 4 is 60.8 Å². The Morgan fingerprint density at radius 3 is 2.47 bits per heavy atom. The maximum absolute atomic E-state index is 13.4. The van der Waals surface area contributed by atoms with Crippen LogP contribution >= 0.6 is 23.2 Å². The molecule has 0 aliphatic carbocycles. The van der Waals surface area contributed by atoms with Crippen LogP contribution in [-0.2, 0) is 36.1 Å². The maximum Gasteiger partial charge on any atom is 0.267 e. The summed E-state index contributed by atoms with van der Waals surface area (Å²) in [5, 5.41) is 2.90. The second-order valence-electron chi connectivity index (χ2n) is 7.53. The van der Waals surface area contributed by atoms with Crippen LogP contribution < -0.4 is 14.8 Å². The van der Waals surface area contributed by atoms with Crippen molar-refractivity contribution in [2.75, 3.05) is 31.2 Å². The molecular formula is C20H21Cl2N3O7S2. The Morgan fingerprint density at radius 1 is 1.12 bits per heavy atom. The molecule has 2 amide bonds. The quantitative estimate of drug-likeness (QED) is 0.537. The zero-order valence-electron chi connectivity index (χ0n) is 18.0. The van der Waals surface area contributed by atoms with Crippen molar-refractivity contribution in [1.29, 1.82) is 0 Å². The van der Waals surface area contributed by atoms with Gasteiger partial charge in [-0.3, -0.25) is 14.3 Å². The molecule has 0 bridgehead atoms. The van der Waals surface area contributed by atoms with Gasteiger partial charge in [-0.1, -0.05) is 23.2 Å². The van der Waals surface area contributed by atoms with Crippen molar-refractivity contribution in [1.82, 2.24) is 9.62 Å². The van der Waals surface area contributed by atoms with E-state index < -0.39 is 49.2 Å². The van der Waals surface area contributed by atoms with Crippen molar-refractivity contribution in [3.63, 3.8) is 0 Å². The van der Waals surface area contributed by atoms with Crippen molar-refractivity contribution in [3.8, 4) is 5.75 Å². The van der Waals surface area contributed by atoms with Crippen molar-refractivity contribution in [2.45, 2.75) is 11.3 Å². The first-order valence-corrected chi connectivity index (χ1v) is 13.8. The van der Waals surface area contributed by atoms with Gasteiger partial charge in [0.1, 0.15) is 12.3 Å². The molecule has 10 nitrogen and oxygen atoms in total. The number of rotatable bonds is 7. The Balaban J connectivity index is 1.99. The van der Waals surface area contributed by atoms with Gasteiger partial charge in [0.2, 0.25) is 21.8 Å². The highest BCUT2D eigenvalue weighted by Gasteiger charge is 2.38. The molecule has 0 spiro atoms. The largest absolute Gasteiger partial charge is 0.496 e. The molecule has 3 rings (SSSR count). The van der Waals surface area contributed by atoms with Crippen LogP contribution in [0.15, 0.2) is 41.3 Å². The fourth-order valence-corrected chi connectivity index (χ4v) is 5.82. The number of nitrogens with one attached hydrogen (secondary N) is 2. The third kappa shape index (κ3) is 5.93. The van der Waals surface area contributed by atoms with Crippen molar-refractivity contribution < 1.29 is 31.2 Å². The highest BCUT2D eigenvalue weighted by atomic mass is 35.5. The van der Waals surface area contributed by atoms with E-state index in [1.54, 1.807) is 18.2 Å². The Morgan fingerprint density at radius 2 is 1.82 bits per heavy atom. The van der Waals surface area contributed by atoms with Crippen LogP contribution in [0.1, 0.15) is 5.56 Å². The van der Waals surface area contributed by atoms with Gasteiger partial charge in [0.25, 0.3) is 10.0 Å². The fourth-order valence-electron chi connectivity index (χ4n) is 3.40. The molecule has 1 atom stereocenters. The van der Waals surface area contributed by atoms with Crippen LogP contribution in [0, 0.1) is 5.92 Å². The van der Waals surface area contributed by atoms with E-state index in [0.717, 1.165) is 18.4 Å². The predicted octanol–water partition coefficient (Wildman–Crippen LogP) is 1.88. The molecule has 184 valence electrons. The summed E-state index contributed by atoms with van der Waals surface area (Å²) < 4.78 is 57.8. The van der Waals surface area contributed by atoms with E-state index in [9.17, 15) is 26.4 Å². The molecule has 0 saturated carbocycles. The summed E-state index contributed by atoms with van der Waals surface area (Å²) in [6.45, 7) is -0.831. The number of sulfonamides is 2. The lowest BCUT2D eigenvalue weighted by Crippen LogP contribution is -2.42. The van der Waals surface area contributed by atoms with Gasteiger partial charge in [0.15, 0.2) is 0 Å². The van der Waals surface area contributed by atoms with Crippen LogP contribution in [0.2, 0.25) is 10.0 Å². The van der Waals surface area contributed by atoms with Crippen LogP contribution in [0.5, 0.6) is 5.75 Å². The summed E-state index contributed by atoms with van der Waals surface area (Å²) in [7, 11) is -6.85. The third-order valence-corrected chi connectivity index (χ3v) is 7.85. The Labute approximate surface area is 207 Å². The van der Waals surface area contributed by atoms with Gasteiger partial charge in [-0.2, -0.15) is 0 Å². The summed E-state index contributed by atoms with van der Waals surface area (Å²) in [5.41, 5.74) is 0.380. The first kappa shape index (κ1) is 26.1. The first-order chi connectivity index (χ1) is 15.8. The molecule has 1 aliphatic heterocycles. The van der Waals surface area contributed by atoms with E-state index in [2.05, 4.69) is 10.0 Å². The predicted molar refractivity (Wildman–Crippen MR) is 127 cm³/mol. The number of ether oxygens (including phenoxy) is 1. The number of hydrogen-bond donors (Lipinski definition) is 2. The lowest BCUT2D eigenvalue weighted by molar-refractivity contribution is -0.131. The number of carbonyl (C=O) groups is 2. The second kappa shape index (κ2) is 9.98. The smallest absolute Gasteiger partial charge is 0.267 e. The number of methoxy groups -OCH3 is 1. The van der Waals surface area contributed by atoms with Crippen LogP contribution in [-0.4, -0.2) is 59.4 Å². The van der Waals surface area contributed by atoms with Gasteiger partial charge in [-0.05, 0) is 48.4 Å². The van der Waals surface area contributed by atoms with E-state index in [0.29, 0.717) is 20.6 Å². The lowest BCUT2D eigenvalue weighted by Gasteiger charge is -2.24. The topological polar surface area (TPSA) is 139 Å². The van der Waals surface area contributed by atoms with E-state index in [1.165, 1.54) is 13.2 Å². The van der Waals surface area contributed by atoms with Gasteiger partial charge in [-0.15, -0.1) is 0 Å². The van der Waals surface area contributed by atoms with Crippen LogP contribution in [0.25, 0.3) is 0 Å². The summed E-state index contributed by atoms with van der Waals surface area (Å²) in [4.78, 5) is 25.2. The van der Waals surface area contributed by atoms with Gasteiger partial charge >= 0.3 is 0 Å². The molecule has 0 radical (unpaired) electrons. The molecule has 1 aliphatic rings. The van der Waals surface area contributed by atoms with E-state index in [4.69, 9.17) is 27.9 Å². The average molecular weight is 550 g/mol. The van der Waals surface area contributed by atoms with Crippen LogP contribution in [0.3, 0.4) is 0 Å². The highest BCUT2D eigenvalue weighted by molar-refractivity contribution is 7.92. The number of amides is 2. The number of nitrogens with zero attached hydrogens (tertiary/aromatic N) is 1. The molecule has 34 heavy (non-hydrogen) atoms. The van der Waals surface area contributed by atoms with Gasteiger partial charge in [0, 0.05) is 11.6 Å². The minimum atomic E-state index is -4.54. The van der Waals surface area contributed by atoms with E-state index >= 15 is 0 Å². The Kier molecular flexibility index (Phi) is 7.65. The molecule has 1 unspecified atom stereocenters. The minimum Gasteiger partial charge on any atom is -0.496 e. The Hall–Kier alpha value is -2.54. The normalized spacial score (nSPS) is 17.2. The number of hydrogen-bond acceptors (Lipinski definition) is 7. The lowest BCUT2D eigenvalue weighted by atomic mass is 9.98. The number of carbonyl (C=O) groups excluding carboxylic acids is 2. The van der Waals surface area contributed by atoms with E-state index in [1.807, 2.05) is 0 Å². The standard InChI is InChI=1S/C20H21Cl2N3O7S2/c1-32-18-6-3-14(21)8-12(18)7-13-10-23-19(26)11-25(20(13)27)34(30,31)15-4-5-16(22)17(9-15)24-33(2,28)29/h3-6,8-9,13,24H,7,10-11H2,1-2H3,(H,23,26). The zero-order valence-corrected chi connectivity index (χ0v) is 21.2. The molecule has 1 heterocycles. The van der Waals surface area contributed by atoms with Crippen molar-refractivity contribution in [3.05, 3.63) is 52.0 Å². The monoisotopic (exact) mass is 549 g/mol. The summed E-state index contributed by atoms with van der Waals surface area (Å²) >= 11 is 12.0. The SMILES string of the molecule is COc1ccc(Cl)cc1CC1CNC(=O)CN(S(=O)(=O)c2ccc(Cl)c(NS(C)(=O)=O)c2)C1=O. The maximum atomic E-state index is 13.4. The molecular weight excluding hydrogens is 529 g/mol. The Bertz CT molecular complexity index is 1350. The molecule has 2 N–H and O–H groups in total. The second-order valence-corrected chi connectivity index (χ2v) is 12.0. The van der Waals surface area contributed by atoms with E-state index in [-0.39, 0.29) is 23.7 Å². The molecule has 2 aromatic rings. The number of halogens is 2. The fraction of sp³-hybridized carbons (Fsp3) is 0.300. The molecule has 1 saturated heterocycles. The van der Waals surface area contributed by atoms with Gasteiger partial charge < -0.3 is 10.1 Å². The zero-order chi connectivity index (χ0) is 25.3. The van der Waals surface area contributed by atoms with Crippen LogP contribution in [0.4, 0.5) is 5.69 Å². The number of anilines is 1. The summed E-state index contributed by atoms with van der Waals surface area (Å²) in [6.07, 6.45) is 0.929. The molecule has 14 heteroatoms. The average Bonchev–Trinajstić information content (AvgIpc) is 2.88.